The van der Waals surface area contributed by atoms with E-state index in [1.54, 1.807) is 7.11 Å². The van der Waals surface area contributed by atoms with Gasteiger partial charge in [0.05, 0.1) is 19.8 Å². The van der Waals surface area contributed by atoms with E-state index in [-0.39, 0.29) is 0 Å². The highest BCUT2D eigenvalue weighted by atomic mass is 32.1. The molecular formula is C17H31N3O2S. The third-order valence-electron chi connectivity index (χ3n) is 3.24. The second-order valence-corrected chi connectivity index (χ2v) is 6.41. The maximum Gasteiger partial charge on any atom is 0.191 e. The van der Waals surface area contributed by atoms with Gasteiger partial charge in [0.25, 0.3) is 0 Å². The van der Waals surface area contributed by atoms with Crippen LogP contribution in [0.15, 0.2) is 17.1 Å². The third-order valence-corrected chi connectivity index (χ3v) is 4.46. The zero-order valence-corrected chi connectivity index (χ0v) is 15.5. The molecule has 0 bridgehead atoms. The highest BCUT2D eigenvalue weighted by Crippen LogP contribution is 2.17. The van der Waals surface area contributed by atoms with Crippen LogP contribution in [0.5, 0.6) is 0 Å². The van der Waals surface area contributed by atoms with E-state index in [2.05, 4.69) is 41.6 Å². The van der Waals surface area contributed by atoms with Gasteiger partial charge in [-0.15, -0.1) is 11.3 Å². The lowest BCUT2D eigenvalue weighted by molar-refractivity contribution is 0.0689. The van der Waals surface area contributed by atoms with E-state index in [4.69, 9.17) is 9.47 Å². The van der Waals surface area contributed by atoms with Crippen molar-refractivity contribution in [3.8, 4) is 0 Å². The van der Waals surface area contributed by atoms with Crippen molar-refractivity contribution in [3.63, 3.8) is 0 Å². The first-order valence-corrected chi connectivity index (χ1v) is 9.28. The number of thiophene rings is 1. The number of ether oxygens (including phenoxy) is 2. The summed E-state index contributed by atoms with van der Waals surface area (Å²) in [7, 11) is 1.69. The Balaban J connectivity index is 2.21. The number of hydrogen-bond acceptors (Lipinski definition) is 4. The average molecular weight is 342 g/mol. The van der Waals surface area contributed by atoms with Gasteiger partial charge in [0.2, 0.25) is 0 Å². The van der Waals surface area contributed by atoms with Crippen molar-refractivity contribution < 1.29 is 9.47 Å². The van der Waals surface area contributed by atoms with Crippen LogP contribution in [0.4, 0.5) is 0 Å². The lowest BCUT2D eigenvalue weighted by atomic mass is 10.3. The molecule has 132 valence electrons. The summed E-state index contributed by atoms with van der Waals surface area (Å²) in [5.41, 5.74) is 0. The molecule has 0 radical (unpaired) electrons. The number of nitrogens with one attached hydrogen (secondary N) is 2. The molecule has 0 saturated carbocycles. The molecule has 1 heterocycles. The Morgan fingerprint density at radius 2 is 1.91 bits per heavy atom. The molecule has 0 fully saturated rings. The number of rotatable bonds is 12. The van der Waals surface area contributed by atoms with Gasteiger partial charge >= 0.3 is 0 Å². The Morgan fingerprint density at radius 3 is 2.61 bits per heavy atom. The van der Waals surface area contributed by atoms with Crippen LogP contribution in [0.25, 0.3) is 0 Å². The van der Waals surface area contributed by atoms with Crippen molar-refractivity contribution in [2.24, 2.45) is 4.99 Å². The average Bonchev–Trinajstić information content (AvgIpc) is 3.03. The van der Waals surface area contributed by atoms with Gasteiger partial charge in [-0.3, -0.25) is 0 Å². The van der Waals surface area contributed by atoms with Gasteiger partial charge in [-0.1, -0.05) is 6.92 Å². The summed E-state index contributed by atoms with van der Waals surface area (Å²) in [6.07, 6.45) is 3.20. The minimum Gasteiger partial charge on any atom is -0.382 e. The smallest absolute Gasteiger partial charge is 0.191 e. The Hall–Kier alpha value is -1.11. The molecule has 0 aliphatic rings. The molecule has 1 aromatic rings. The monoisotopic (exact) mass is 341 g/mol. The van der Waals surface area contributed by atoms with Gasteiger partial charge in [-0.05, 0) is 38.3 Å². The highest BCUT2D eigenvalue weighted by molar-refractivity contribution is 7.11. The first-order valence-electron chi connectivity index (χ1n) is 8.46. The number of guanidine groups is 1. The predicted molar refractivity (Wildman–Crippen MR) is 98.4 cm³/mol. The van der Waals surface area contributed by atoms with Gasteiger partial charge in [0, 0.05) is 36.6 Å². The molecule has 5 nitrogen and oxygen atoms in total. The quantitative estimate of drug-likeness (QED) is 0.349. The van der Waals surface area contributed by atoms with E-state index in [1.807, 2.05) is 11.3 Å². The Labute approximate surface area is 144 Å². The largest absolute Gasteiger partial charge is 0.382 e. The van der Waals surface area contributed by atoms with Crippen molar-refractivity contribution >= 4 is 17.3 Å². The van der Waals surface area contributed by atoms with E-state index < -0.39 is 0 Å². The summed E-state index contributed by atoms with van der Waals surface area (Å²) in [4.78, 5) is 7.38. The maximum atomic E-state index is 5.45. The fourth-order valence-electron chi connectivity index (χ4n) is 1.98. The van der Waals surface area contributed by atoms with Crippen LogP contribution in [-0.2, 0) is 22.4 Å². The maximum absolute atomic E-state index is 5.45. The second-order valence-electron chi connectivity index (χ2n) is 5.16. The van der Waals surface area contributed by atoms with Gasteiger partial charge in [0.1, 0.15) is 0 Å². The highest BCUT2D eigenvalue weighted by Gasteiger charge is 2.00. The van der Waals surface area contributed by atoms with E-state index in [0.29, 0.717) is 13.2 Å². The minimum atomic E-state index is 0.665. The van der Waals surface area contributed by atoms with Crippen LogP contribution < -0.4 is 10.6 Å². The van der Waals surface area contributed by atoms with Crippen LogP contribution in [0.2, 0.25) is 0 Å². The van der Waals surface area contributed by atoms with Crippen LogP contribution in [-0.4, -0.2) is 46.0 Å². The predicted octanol–water partition coefficient (Wildman–Crippen LogP) is 2.81. The molecule has 0 amide bonds. The molecule has 0 saturated heterocycles. The number of aryl methyl sites for hydroxylation is 1. The number of methoxy groups -OCH3 is 1. The summed E-state index contributed by atoms with van der Waals surface area (Å²) in [5.74, 6) is 0.888. The van der Waals surface area contributed by atoms with E-state index in [0.717, 1.165) is 51.5 Å². The Morgan fingerprint density at radius 1 is 1.09 bits per heavy atom. The fourth-order valence-corrected chi connectivity index (χ4v) is 2.86. The second kappa shape index (κ2) is 13.3. The topological polar surface area (TPSA) is 54.9 Å². The lowest BCUT2D eigenvalue weighted by Gasteiger charge is -2.11. The molecule has 0 aliphatic carbocycles. The molecule has 0 atom stereocenters. The Bertz CT molecular complexity index is 435. The molecule has 1 rings (SSSR count). The molecule has 1 aromatic heterocycles. The third kappa shape index (κ3) is 9.58. The van der Waals surface area contributed by atoms with E-state index in [1.165, 1.54) is 9.75 Å². The molecule has 0 aromatic carbocycles. The number of unbranched alkanes of at least 4 members (excludes halogenated alkanes) is 1. The van der Waals surface area contributed by atoms with Gasteiger partial charge < -0.3 is 20.1 Å². The number of hydrogen-bond donors (Lipinski definition) is 2. The van der Waals surface area contributed by atoms with Crippen LogP contribution in [0.1, 0.15) is 36.4 Å². The van der Waals surface area contributed by atoms with Crippen LogP contribution in [0.3, 0.4) is 0 Å². The normalized spacial score (nSPS) is 11.7. The van der Waals surface area contributed by atoms with Crippen molar-refractivity contribution in [2.45, 2.75) is 39.7 Å². The number of aliphatic imine (C=N–C) groups is 1. The fraction of sp³-hybridized carbons (Fsp3) is 0.706. The molecule has 2 N–H and O–H groups in total. The summed E-state index contributed by atoms with van der Waals surface area (Å²) in [6, 6.07) is 4.37. The van der Waals surface area contributed by atoms with Crippen LogP contribution in [0, 0.1) is 0 Å². The van der Waals surface area contributed by atoms with Gasteiger partial charge in [-0.2, -0.15) is 0 Å². The summed E-state index contributed by atoms with van der Waals surface area (Å²) >= 11 is 1.84. The van der Waals surface area contributed by atoms with Crippen LogP contribution >= 0.6 is 11.3 Å². The first-order chi connectivity index (χ1) is 11.3. The molecule has 6 heteroatoms. The molecule has 23 heavy (non-hydrogen) atoms. The van der Waals surface area contributed by atoms with Crippen molar-refractivity contribution in [3.05, 3.63) is 21.9 Å². The molecule has 0 spiro atoms. The standard InChI is InChI=1S/C17H31N3O2S/c1-4-15-8-9-16(23-15)14-20-17(18-5-2)19-10-6-7-11-22-13-12-21-3/h8-9H,4-7,10-14H2,1-3H3,(H2,18,19,20). The first kappa shape index (κ1) is 19.9. The summed E-state index contributed by atoms with van der Waals surface area (Å²) in [6.45, 7) is 8.91. The van der Waals surface area contributed by atoms with Crippen molar-refractivity contribution in [2.75, 3.05) is 40.0 Å². The summed E-state index contributed by atoms with van der Waals surface area (Å²) < 4.78 is 10.4. The van der Waals surface area contributed by atoms with E-state index in [9.17, 15) is 0 Å². The minimum absolute atomic E-state index is 0.665. The van der Waals surface area contributed by atoms with Gasteiger partial charge in [-0.25, -0.2) is 4.99 Å². The Kier molecular flexibility index (Phi) is 11.6. The zero-order chi connectivity index (χ0) is 16.8. The molecular weight excluding hydrogens is 310 g/mol. The zero-order valence-electron chi connectivity index (χ0n) is 14.7. The van der Waals surface area contributed by atoms with Gasteiger partial charge in [0.15, 0.2) is 5.96 Å². The van der Waals surface area contributed by atoms with E-state index >= 15 is 0 Å². The summed E-state index contributed by atoms with van der Waals surface area (Å²) in [5, 5.41) is 6.67. The van der Waals surface area contributed by atoms with Crippen molar-refractivity contribution in [1.82, 2.24) is 10.6 Å². The SMILES string of the molecule is CCNC(=NCc1ccc(CC)s1)NCCCCOCCOC. The van der Waals surface area contributed by atoms with Crippen molar-refractivity contribution in [1.29, 1.82) is 0 Å². The number of nitrogens with zero attached hydrogens (tertiary/aromatic N) is 1. The molecule has 0 unspecified atom stereocenters. The molecule has 0 aliphatic heterocycles. The lowest BCUT2D eigenvalue weighted by Crippen LogP contribution is -2.37.